The molecule has 0 radical (unpaired) electrons. The summed E-state index contributed by atoms with van der Waals surface area (Å²) in [7, 11) is 0. The molecule has 0 atom stereocenters. The molecule has 3 nitrogen and oxygen atoms in total. The minimum atomic E-state index is 0.505. The molecule has 2 aromatic rings. The van der Waals surface area contributed by atoms with E-state index < -0.39 is 0 Å². The maximum Gasteiger partial charge on any atom is 0.129 e. The first-order chi connectivity index (χ1) is 9.88. The normalized spacial score (nSPS) is 11.2. The lowest BCUT2D eigenvalue weighted by molar-refractivity contribution is 0.132. The Kier molecular flexibility index (Phi) is 6.08. The number of benzene rings is 1. The molecule has 1 heterocycles. The van der Waals surface area contributed by atoms with Crippen LogP contribution in [0.5, 0.6) is 0 Å². The van der Waals surface area contributed by atoms with Crippen LogP contribution in [0.1, 0.15) is 23.8 Å². The van der Waals surface area contributed by atoms with Gasteiger partial charge in [-0.1, -0.05) is 49.4 Å². The summed E-state index contributed by atoms with van der Waals surface area (Å²) < 4.78 is 11.0. The zero-order chi connectivity index (χ0) is 14.0. The van der Waals surface area contributed by atoms with Gasteiger partial charge < -0.3 is 14.5 Å². The van der Waals surface area contributed by atoms with Gasteiger partial charge in [-0.15, -0.1) is 0 Å². The number of hydrogen-bond acceptors (Lipinski definition) is 3. The van der Waals surface area contributed by atoms with Gasteiger partial charge in [-0.05, 0) is 18.2 Å². The van der Waals surface area contributed by atoms with Crippen molar-refractivity contribution < 1.29 is 9.15 Å². The summed E-state index contributed by atoms with van der Waals surface area (Å²) in [4.78, 5) is 0. The highest BCUT2D eigenvalue weighted by molar-refractivity contribution is 5.48. The minimum Gasteiger partial charge on any atom is -0.467 e. The molecule has 0 aliphatic rings. The molecule has 0 saturated heterocycles. The van der Waals surface area contributed by atoms with Crippen molar-refractivity contribution in [3.05, 3.63) is 65.6 Å². The van der Waals surface area contributed by atoms with Crippen molar-refractivity contribution in [2.24, 2.45) is 0 Å². The SMILES string of the molecule is CCNCc1coc(COCC=Cc2ccccc2)c1. The molecule has 2 rings (SSSR count). The van der Waals surface area contributed by atoms with E-state index in [1.807, 2.05) is 30.3 Å². The lowest BCUT2D eigenvalue weighted by atomic mass is 10.2. The predicted octanol–water partition coefficient (Wildman–Crippen LogP) is 3.62. The summed E-state index contributed by atoms with van der Waals surface area (Å²) in [6.07, 6.45) is 5.84. The smallest absolute Gasteiger partial charge is 0.129 e. The van der Waals surface area contributed by atoms with Gasteiger partial charge in [-0.25, -0.2) is 0 Å². The summed E-state index contributed by atoms with van der Waals surface area (Å²) >= 11 is 0. The van der Waals surface area contributed by atoms with Crippen molar-refractivity contribution in [2.45, 2.75) is 20.1 Å². The maximum absolute atomic E-state index is 5.56. The molecule has 3 heteroatoms. The van der Waals surface area contributed by atoms with Crippen LogP contribution in [0, 0.1) is 0 Å². The average molecular weight is 271 g/mol. The van der Waals surface area contributed by atoms with Crippen molar-refractivity contribution in [1.82, 2.24) is 5.32 Å². The number of hydrogen-bond donors (Lipinski definition) is 1. The molecule has 20 heavy (non-hydrogen) atoms. The first-order valence-electron chi connectivity index (χ1n) is 6.95. The fourth-order valence-electron chi connectivity index (χ4n) is 1.84. The van der Waals surface area contributed by atoms with E-state index in [-0.39, 0.29) is 0 Å². The van der Waals surface area contributed by atoms with E-state index in [4.69, 9.17) is 9.15 Å². The van der Waals surface area contributed by atoms with Crippen LogP contribution in [-0.2, 0) is 17.9 Å². The van der Waals surface area contributed by atoms with E-state index in [9.17, 15) is 0 Å². The molecule has 1 aromatic heterocycles. The summed E-state index contributed by atoms with van der Waals surface area (Å²) in [5.41, 5.74) is 2.34. The quantitative estimate of drug-likeness (QED) is 0.745. The lowest BCUT2D eigenvalue weighted by Crippen LogP contribution is -2.10. The van der Waals surface area contributed by atoms with Crippen LogP contribution < -0.4 is 5.32 Å². The number of nitrogens with one attached hydrogen (secondary N) is 1. The van der Waals surface area contributed by atoms with E-state index >= 15 is 0 Å². The molecule has 0 aliphatic heterocycles. The Morgan fingerprint density at radius 1 is 1.25 bits per heavy atom. The second-order valence-corrected chi connectivity index (χ2v) is 4.53. The Bertz CT molecular complexity index is 517. The molecule has 1 aromatic carbocycles. The van der Waals surface area contributed by atoms with Gasteiger partial charge in [0.2, 0.25) is 0 Å². The third kappa shape index (κ3) is 5.03. The van der Waals surface area contributed by atoms with Gasteiger partial charge in [0.25, 0.3) is 0 Å². The number of furan rings is 1. The topological polar surface area (TPSA) is 34.4 Å². The molecule has 0 unspecified atom stereocenters. The Labute approximate surface area is 120 Å². The highest BCUT2D eigenvalue weighted by Gasteiger charge is 2.00. The summed E-state index contributed by atoms with van der Waals surface area (Å²) in [5.74, 6) is 0.867. The summed E-state index contributed by atoms with van der Waals surface area (Å²) in [6.45, 7) is 4.97. The van der Waals surface area contributed by atoms with Crippen molar-refractivity contribution in [2.75, 3.05) is 13.2 Å². The molecule has 106 valence electrons. The van der Waals surface area contributed by atoms with E-state index in [1.54, 1.807) is 6.26 Å². The van der Waals surface area contributed by atoms with Crippen molar-refractivity contribution in [1.29, 1.82) is 0 Å². The number of ether oxygens (including phenoxy) is 1. The van der Waals surface area contributed by atoms with Gasteiger partial charge in [0, 0.05) is 12.1 Å². The Morgan fingerprint density at radius 3 is 2.90 bits per heavy atom. The average Bonchev–Trinajstić information content (AvgIpc) is 2.94. The van der Waals surface area contributed by atoms with Gasteiger partial charge in [-0.3, -0.25) is 0 Å². The van der Waals surface area contributed by atoms with E-state index in [0.717, 1.165) is 24.4 Å². The monoisotopic (exact) mass is 271 g/mol. The van der Waals surface area contributed by atoms with Crippen LogP contribution in [0.2, 0.25) is 0 Å². The second kappa shape index (κ2) is 8.35. The first-order valence-corrected chi connectivity index (χ1v) is 6.95. The molecule has 0 spiro atoms. The van der Waals surface area contributed by atoms with Crippen molar-refractivity contribution in [3.8, 4) is 0 Å². The fraction of sp³-hybridized carbons (Fsp3) is 0.294. The zero-order valence-corrected chi connectivity index (χ0v) is 11.8. The van der Waals surface area contributed by atoms with E-state index in [1.165, 1.54) is 5.56 Å². The molecule has 0 saturated carbocycles. The summed E-state index contributed by atoms with van der Waals surface area (Å²) in [6, 6.07) is 12.2. The molecule has 0 aliphatic carbocycles. The van der Waals surface area contributed by atoms with E-state index in [2.05, 4.69) is 30.4 Å². The highest BCUT2D eigenvalue weighted by atomic mass is 16.5. The van der Waals surface area contributed by atoms with Crippen LogP contribution >= 0.6 is 0 Å². The van der Waals surface area contributed by atoms with Gasteiger partial charge >= 0.3 is 0 Å². The minimum absolute atomic E-state index is 0.505. The molecular weight excluding hydrogens is 250 g/mol. The van der Waals surface area contributed by atoms with Crippen molar-refractivity contribution in [3.63, 3.8) is 0 Å². The van der Waals surface area contributed by atoms with Crippen LogP contribution in [0.25, 0.3) is 6.08 Å². The standard InChI is InChI=1S/C17H21NO2/c1-2-18-12-16-11-17(20-13-16)14-19-10-6-9-15-7-4-3-5-8-15/h3-9,11,13,18H,2,10,12,14H2,1H3. The Hall–Kier alpha value is -1.84. The van der Waals surface area contributed by atoms with Crippen LogP contribution in [0.3, 0.4) is 0 Å². The van der Waals surface area contributed by atoms with Gasteiger partial charge in [0.15, 0.2) is 0 Å². The summed E-state index contributed by atoms with van der Waals surface area (Å²) in [5, 5.41) is 3.26. The van der Waals surface area contributed by atoms with Crippen LogP contribution in [-0.4, -0.2) is 13.2 Å². The van der Waals surface area contributed by atoms with Crippen molar-refractivity contribution >= 4 is 6.08 Å². The number of rotatable bonds is 8. The van der Waals surface area contributed by atoms with Gasteiger partial charge in [0.1, 0.15) is 12.4 Å². The van der Waals surface area contributed by atoms with Crippen LogP contribution in [0.15, 0.2) is 53.2 Å². The fourth-order valence-corrected chi connectivity index (χ4v) is 1.84. The van der Waals surface area contributed by atoms with E-state index in [0.29, 0.717) is 13.2 Å². The predicted molar refractivity (Wildman–Crippen MR) is 81.2 cm³/mol. The Balaban J connectivity index is 1.68. The molecule has 0 fully saturated rings. The van der Waals surface area contributed by atoms with Gasteiger partial charge in [-0.2, -0.15) is 0 Å². The second-order valence-electron chi connectivity index (χ2n) is 4.53. The molecule has 0 amide bonds. The molecular formula is C17H21NO2. The largest absolute Gasteiger partial charge is 0.467 e. The third-order valence-corrected chi connectivity index (χ3v) is 2.86. The maximum atomic E-state index is 5.56. The highest BCUT2D eigenvalue weighted by Crippen LogP contribution is 2.09. The molecule has 1 N–H and O–H groups in total. The van der Waals surface area contributed by atoms with Crippen LogP contribution in [0.4, 0.5) is 0 Å². The third-order valence-electron chi connectivity index (χ3n) is 2.86. The lowest BCUT2D eigenvalue weighted by Gasteiger charge is -1.97. The van der Waals surface area contributed by atoms with Gasteiger partial charge in [0.05, 0.1) is 12.9 Å². The molecule has 0 bridgehead atoms. The zero-order valence-electron chi connectivity index (χ0n) is 11.8. The first kappa shape index (κ1) is 14.6. The Morgan fingerprint density at radius 2 is 2.10 bits per heavy atom.